The monoisotopic (exact) mass is 1600 g/mol. The van der Waals surface area contributed by atoms with Gasteiger partial charge in [0, 0.05) is 0 Å². The molecule has 0 saturated carbocycles. The van der Waals surface area contributed by atoms with Crippen molar-refractivity contribution in [1.29, 1.82) is 0 Å². The summed E-state index contributed by atoms with van der Waals surface area (Å²) in [5.74, 6) is -1.55. The molecule has 0 bridgehead atoms. The van der Waals surface area contributed by atoms with Gasteiger partial charge in [-0.05, 0) is 0 Å². The maximum absolute atomic E-state index is 12.1. The first-order valence-electron chi connectivity index (χ1n) is 48.0. The van der Waals surface area contributed by atoms with Gasteiger partial charge in [0.1, 0.15) is 0 Å². The van der Waals surface area contributed by atoms with Crippen LogP contribution in [0.5, 0.6) is 0 Å². The van der Waals surface area contributed by atoms with Gasteiger partial charge in [-0.2, -0.15) is 0 Å². The Hall–Kier alpha value is -12.0. The fraction of sp³-hybridized carbons (Fsp3) is 0.121. The van der Waals surface area contributed by atoms with Crippen LogP contribution >= 0.6 is 0 Å². The topological polar surface area (TPSA) is 16.3 Å². The van der Waals surface area contributed by atoms with E-state index in [-0.39, 0.29) is 142 Å². The second kappa shape index (κ2) is 26.3. The summed E-state index contributed by atoms with van der Waals surface area (Å²) in [7, 11) is 0. The third-order valence-corrected chi connectivity index (χ3v) is 26.9. The van der Waals surface area contributed by atoms with E-state index in [1.165, 1.54) is 9.13 Å². The van der Waals surface area contributed by atoms with E-state index in [1.54, 1.807) is 60.7 Å². The average Bonchev–Trinajstić information content (AvgIpc) is 1.46. The Morgan fingerprint density at radius 2 is 0.619 bits per heavy atom. The molecule has 2 aliphatic heterocycles. The number of fused-ring (bicyclic) bond motifs is 14. The first-order chi connectivity index (χ1) is 63.3. The Balaban J connectivity index is 1.02. The number of anilines is 6. The summed E-state index contributed by atoms with van der Waals surface area (Å²) >= 11 is -2.38. The van der Waals surface area contributed by atoms with Crippen LogP contribution in [0.3, 0.4) is 0 Å². The molecule has 0 saturated heterocycles. The van der Waals surface area contributed by atoms with Crippen LogP contribution in [0.1, 0.15) is 129 Å². The molecule has 0 fully saturated rings. The van der Waals surface area contributed by atoms with Gasteiger partial charge in [0.05, 0.1) is 0 Å². The van der Waals surface area contributed by atoms with Crippen molar-refractivity contribution < 1.29 is 27.4 Å². The van der Waals surface area contributed by atoms with Crippen LogP contribution in [0.2, 0.25) is 0 Å². The number of benzene rings is 15. The van der Waals surface area contributed by atoms with Crippen molar-refractivity contribution in [2.75, 3.05) is 9.80 Å². The van der Waals surface area contributed by atoms with E-state index in [9.17, 15) is 27.4 Å². The van der Waals surface area contributed by atoms with Crippen LogP contribution in [0.15, 0.2) is 339 Å². The molecule has 544 valence electrons. The second-order valence-electron chi connectivity index (χ2n) is 32.4. The van der Waals surface area contributed by atoms with Gasteiger partial charge in [-0.1, -0.05) is 0 Å². The van der Waals surface area contributed by atoms with E-state index in [4.69, 9.17) is 0 Å². The Kier molecular flexibility index (Phi) is 11.8. The molecule has 0 radical (unpaired) electrons. The number of hydrogen-bond acceptors (Lipinski definition) is 2. The molecule has 6 heteroatoms. The van der Waals surface area contributed by atoms with E-state index < -0.39 is 136 Å². The van der Waals surface area contributed by atoms with Gasteiger partial charge in [0.15, 0.2) is 0 Å². The molecule has 0 spiro atoms. The summed E-state index contributed by atoms with van der Waals surface area (Å²) in [6.07, 6.45) is 0. The summed E-state index contributed by atoms with van der Waals surface area (Å²) in [6.45, 7) is 19.1. The Bertz CT molecular complexity index is 7710. The fourth-order valence-corrected chi connectivity index (χ4v) is 21.4. The Morgan fingerprint density at radius 3 is 0.956 bits per heavy atom. The first-order valence-corrected chi connectivity index (χ1v) is 41.5. The normalized spacial score (nSPS) is 15.6. The maximum atomic E-state index is 12.1. The standard InChI is InChI=1S/C107H84N4Se2/c1-105(2,3)74-58-83(68-36-20-12-21-37-68)101(84(59-74)69-38-22-13-23-39-69)110-91-64-77(108-89-54-48-72(66-32-16-10-17-33-66)56-87(89)98-81-44-28-30-46-95(81)112-103(98)108)50-52-79(91)97-80-53-51-78(109-90-55-49-73(67-34-18-11-19-35-67)57-88(90)99-82-45-29-31-47-96(82)113-104(99)109)65-92(80)111(94-63-76(107(7,8)9)62-93(110)100(94)97)102-85(70-40-24-14-25-41-70)60-75(106(4,5)6)61-86(102)71-42-26-15-27-43-71/h10-65,97H,1-9H3/i28D,29D,30D,31D,44D,45D,46D,47D,48D,49D,50D,51D,52D,53D,54D,55D,56D,57D,64D,65D. The summed E-state index contributed by atoms with van der Waals surface area (Å²) in [5.41, 5.74) is 8.55. The molecule has 15 aromatic carbocycles. The third-order valence-electron chi connectivity index (χ3n) is 22.3. The van der Waals surface area contributed by atoms with E-state index in [0.717, 1.165) is 33.4 Å². The molecular weight excluding hydrogens is 1500 g/mol. The third kappa shape index (κ3) is 11.3. The molecule has 21 rings (SSSR count). The van der Waals surface area contributed by atoms with Crippen molar-refractivity contribution in [3.05, 3.63) is 373 Å². The molecule has 4 aromatic heterocycles. The Morgan fingerprint density at radius 1 is 0.301 bits per heavy atom. The zero-order valence-corrected chi connectivity index (χ0v) is 66.9. The van der Waals surface area contributed by atoms with Crippen molar-refractivity contribution in [2.45, 2.75) is 84.5 Å². The predicted octanol–water partition coefficient (Wildman–Crippen LogP) is 28.9. The minimum absolute atomic E-state index is 0.0186. The Labute approximate surface area is 701 Å². The van der Waals surface area contributed by atoms with Crippen LogP contribution in [0.25, 0.3) is 139 Å². The molecule has 0 aliphatic carbocycles. The SMILES string of the molecule is [2H]c1c([2H])c(-n2c3[se]c4c([2H])c([2H])c([2H])c([2H])c4c3c3c([2H])c(-c4ccccc4)c([2H])c([2H])c32)c([2H])c2c1C1c3c(cc(C(C)(C)C)cc3N(c3c(-c4ccccc4)cc(C(C)(C)C)cc3-c3ccccc3)c3c([2H])c(-n4c5[se]c6c([2H])c([2H])c([2H])c([2H])c6c5c5c([2H])c(-c6ccccc6)c([2H])c([2H])c54)c([2H])c([2H])c31)N2c1c(-c2ccccc2)cc(C(C)(C)C)cc1-c1ccccc1. The van der Waals surface area contributed by atoms with Crippen LogP contribution in [-0.2, 0) is 16.2 Å². The minimum atomic E-state index is -1.55. The van der Waals surface area contributed by atoms with E-state index in [0.29, 0.717) is 67.3 Å². The van der Waals surface area contributed by atoms with Gasteiger partial charge in [0.25, 0.3) is 0 Å². The number of aromatic nitrogens is 2. The molecule has 2 aliphatic rings. The van der Waals surface area contributed by atoms with Crippen LogP contribution in [0, 0.1) is 0 Å². The van der Waals surface area contributed by atoms with Crippen molar-refractivity contribution in [3.8, 4) is 78.1 Å². The number of rotatable bonds is 10. The van der Waals surface area contributed by atoms with Crippen molar-refractivity contribution in [1.82, 2.24) is 9.13 Å². The molecule has 4 nitrogen and oxygen atoms in total. The zero-order valence-electron chi connectivity index (χ0n) is 83.5. The van der Waals surface area contributed by atoms with E-state index >= 15 is 0 Å². The number of nitrogens with zero attached hydrogens (tertiary/aromatic N) is 4. The molecule has 19 aromatic rings. The van der Waals surface area contributed by atoms with Gasteiger partial charge in [-0.25, -0.2) is 0 Å². The summed E-state index contributed by atoms with van der Waals surface area (Å²) in [5, 5.41) is 0.529. The van der Waals surface area contributed by atoms with Crippen molar-refractivity contribution >= 4 is 124 Å². The van der Waals surface area contributed by atoms with Gasteiger partial charge < -0.3 is 0 Å². The molecule has 6 heterocycles. The van der Waals surface area contributed by atoms with Crippen LogP contribution in [0.4, 0.5) is 34.1 Å². The number of hydrogen-bond donors (Lipinski definition) is 0. The second-order valence-corrected chi connectivity index (χ2v) is 36.6. The molecule has 113 heavy (non-hydrogen) atoms. The van der Waals surface area contributed by atoms with Gasteiger partial charge in [0.2, 0.25) is 0 Å². The van der Waals surface area contributed by atoms with Crippen molar-refractivity contribution in [2.24, 2.45) is 0 Å². The summed E-state index contributed by atoms with van der Waals surface area (Å²) in [6, 6.07) is 61.1. The first kappa shape index (κ1) is 50.8. The molecular formula is C107H84N4Se2. The average molecular weight is 1600 g/mol. The fourth-order valence-electron chi connectivity index (χ4n) is 16.6. The molecule has 0 atom stereocenters. The predicted molar refractivity (Wildman–Crippen MR) is 483 cm³/mol. The van der Waals surface area contributed by atoms with E-state index in [2.05, 4.69) is 98.7 Å². The van der Waals surface area contributed by atoms with Crippen molar-refractivity contribution in [3.63, 3.8) is 0 Å². The van der Waals surface area contributed by atoms with Gasteiger partial charge in [-0.3, -0.25) is 0 Å². The van der Waals surface area contributed by atoms with E-state index in [1.807, 2.05) is 131 Å². The zero-order chi connectivity index (χ0) is 93.7. The summed E-state index contributed by atoms with van der Waals surface area (Å²) < 4.78 is 213. The van der Waals surface area contributed by atoms with Crippen LogP contribution in [-0.4, -0.2) is 38.1 Å². The molecule has 0 amide bonds. The summed E-state index contributed by atoms with van der Waals surface area (Å²) in [4.78, 5) is 4.05. The van der Waals surface area contributed by atoms with Gasteiger partial charge in [-0.15, -0.1) is 0 Å². The van der Waals surface area contributed by atoms with Crippen LogP contribution < -0.4 is 9.80 Å². The molecule has 0 unspecified atom stereocenters. The molecule has 0 N–H and O–H groups in total. The quantitative estimate of drug-likeness (QED) is 0.127. The van der Waals surface area contributed by atoms with Gasteiger partial charge >= 0.3 is 705 Å².